The average Bonchev–Trinajstić information content (AvgIpc) is 2.67. The van der Waals surface area contributed by atoms with Crippen LogP contribution in [0.25, 0.3) is 0 Å². The van der Waals surface area contributed by atoms with Crippen molar-refractivity contribution in [1.82, 2.24) is 20.5 Å². The van der Waals surface area contributed by atoms with E-state index in [0.29, 0.717) is 24.9 Å². The van der Waals surface area contributed by atoms with E-state index >= 15 is 0 Å². The average molecular weight is 372 g/mol. The Bertz CT molecular complexity index is 679. The smallest absolute Gasteiger partial charge is 0.251 e. The normalized spacial score (nSPS) is 15.7. The molecule has 8 nitrogen and oxygen atoms in total. The van der Waals surface area contributed by atoms with Gasteiger partial charge in [-0.1, -0.05) is 6.92 Å². The third kappa shape index (κ3) is 6.87. The Morgan fingerprint density at radius 3 is 2.74 bits per heavy atom. The van der Waals surface area contributed by atoms with Crippen LogP contribution in [0.4, 0.5) is 5.82 Å². The molecule has 27 heavy (non-hydrogen) atoms. The summed E-state index contributed by atoms with van der Waals surface area (Å²) in [5.41, 5.74) is 0.596. The van der Waals surface area contributed by atoms with Crippen LogP contribution in [0.3, 0.4) is 0 Å². The lowest BCUT2D eigenvalue weighted by Crippen LogP contribution is -2.44. The highest BCUT2D eigenvalue weighted by Crippen LogP contribution is 2.15. The van der Waals surface area contributed by atoms with Crippen LogP contribution in [0.5, 0.6) is 0 Å². The maximum absolute atomic E-state index is 12.4. The minimum Gasteiger partial charge on any atom is -0.354 e. The summed E-state index contributed by atoms with van der Waals surface area (Å²) in [4.78, 5) is 32.8. The molecule has 1 fully saturated rings. The van der Waals surface area contributed by atoms with E-state index in [1.807, 2.05) is 19.1 Å². The molecular formula is C19H28N6O2. The first kappa shape index (κ1) is 20.6. The van der Waals surface area contributed by atoms with Crippen LogP contribution in [0.2, 0.25) is 0 Å². The fraction of sp³-hybridized carbons (Fsp3) is 0.579. The lowest BCUT2D eigenvalue weighted by Gasteiger charge is -2.33. The molecule has 0 bridgehead atoms. The van der Waals surface area contributed by atoms with Gasteiger partial charge in [0, 0.05) is 50.9 Å². The van der Waals surface area contributed by atoms with Crippen molar-refractivity contribution >= 4 is 17.6 Å². The van der Waals surface area contributed by atoms with Crippen molar-refractivity contribution in [2.45, 2.75) is 19.8 Å². The van der Waals surface area contributed by atoms with Crippen LogP contribution >= 0.6 is 0 Å². The number of hydrogen-bond donors (Lipinski definition) is 2. The molecule has 0 aromatic carbocycles. The van der Waals surface area contributed by atoms with Gasteiger partial charge in [0.2, 0.25) is 5.91 Å². The Morgan fingerprint density at radius 2 is 2.04 bits per heavy atom. The number of carbonyl (C=O) groups excluding carboxylic acids is 2. The minimum absolute atomic E-state index is 0.0277. The van der Waals surface area contributed by atoms with E-state index in [1.54, 1.807) is 12.3 Å². The van der Waals surface area contributed by atoms with Crippen LogP contribution in [0.1, 0.15) is 30.1 Å². The van der Waals surface area contributed by atoms with E-state index in [4.69, 9.17) is 5.26 Å². The second-order valence-corrected chi connectivity index (χ2v) is 6.98. The number of piperazine rings is 1. The molecule has 1 aliphatic heterocycles. The number of carbonyl (C=O) groups is 2. The molecule has 2 heterocycles. The molecule has 1 aromatic heterocycles. The zero-order valence-electron chi connectivity index (χ0n) is 16.1. The van der Waals surface area contributed by atoms with E-state index < -0.39 is 0 Å². The predicted octanol–water partition coefficient (Wildman–Crippen LogP) is 0.619. The molecule has 1 aromatic rings. The molecular weight excluding hydrogens is 344 g/mol. The highest BCUT2D eigenvalue weighted by molar-refractivity contribution is 5.94. The molecule has 1 aliphatic rings. The first-order valence-corrected chi connectivity index (χ1v) is 9.31. The summed E-state index contributed by atoms with van der Waals surface area (Å²) < 4.78 is 0. The van der Waals surface area contributed by atoms with Crippen molar-refractivity contribution in [2.24, 2.45) is 5.92 Å². The van der Waals surface area contributed by atoms with Gasteiger partial charge in [-0.3, -0.25) is 9.59 Å². The highest BCUT2D eigenvalue weighted by atomic mass is 16.2. The number of nitrogens with zero attached hydrogens (tertiary/aromatic N) is 4. The van der Waals surface area contributed by atoms with E-state index in [9.17, 15) is 9.59 Å². The summed E-state index contributed by atoms with van der Waals surface area (Å²) in [5, 5.41) is 13.9. The standard InChI is InChI=1S/C19H28N6O2/c1-15(13-18(26)22-8-5-20)3-6-23-19(27)16-4-7-21-17(14-16)25-11-9-24(2)10-12-25/h4,7,14-15H,3,6,8-13H2,1-2H3,(H,22,26)(H,23,27). The summed E-state index contributed by atoms with van der Waals surface area (Å²) in [6.07, 6.45) is 2.72. The number of nitriles is 1. The number of hydrogen-bond acceptors (Lipinski definition) is 6. The van der Waals surface area contributed by atoms with Crippen molar-refractivity contribution in [3.63, 3.8) is 0 Å². The molecule has 8 heteroatoms. The summed E-state index contributed by atoms with van der Waals surface area (Å²) in [5.74, 6) is 0.691. The van der Waals surface area contributed by atoms with E-state index in [2.05, 4.69) is 32.5 Å². The fourth-order valence-corrected chi connectivity index (χ4v) is 2.93. The molecule has 0 saturated carbocycles. The molecule has 0 radical (unpaired) electrons. The second-order valence-electron chi connectivity index (χ2n) is 6.98. The molecule has 2 N–H and O–H groups in total. The molecule has 1 unspecified atom stereocenters. The van der Waals surface area contributed by atoms with Crippen molar-refractivity contribution in [1.29, 1.82) is 5.26 Å². The van der Waals surface area contributed by atoms with E-state index in [0.717, 1.165) is 32.0 Å². The number of anilines is 1. The number of amides is 2. The minimum atomic E-state index is -0.138. The zero-order chi connectivity index (χ0) is 19.6. The number of likely N-dealkylation sites (N-methyl/N-ethyl adjacent to an activating group) is 1. The third-order valence-corrected chi connectivity index (χ3v) is 4.66. The quantitative estimate of drug-likeness (QED) is 0.649. The van der Waals surface area contributed by atoms with Gasteiger partial charge in [-0.25, -0.2) is 4.98 Å². The van der Waals surface area contributed by atoms with Gasteiger partial charge < -0.3 is 20.4 Å². The molecule has 1 atom stereocenters. The van der Waals surface area contributed by atoms with Gasteiger partial charge in [0.05, 0.1) is 6.07 Å². The van der Waals surface area contributed by atoms with Crippen LogP contribution in [-0.2, 0) is 4.79 Å². The lowest BCUT2D eigenvalue weighted by atomic mass is 10.0. The van der Waals surface area contributed by atoms with Crippen LogP contribution in [0.15, 0.2) is 18.3 Å². The molecule has 2 amide bonds. The van der Waals surface area contributed by atoms with Gasteiger partial charge >= 0.3 is 0 Å². The van der Waals surface area contributed by atoms with Crippen molar-refractivity contribution in [3.05, 3.63) is 23.9 Å². The number of nitrogens with one attached hydrogen (secondary N) is 2. The van der Waals surface area contributed by atoms with Gasteiger partial charge in [0.1, 0.15) is 12.4 Å². The summed E-state index contributed by atoms with van der Waals surface area (Å²) >= 11 is 0. The number of pyridine rings is 1. The molecule has 146 valence electrons. The van der Waals surface area contributed by atoms with Crippen LogP contribution in [-0.4, -0.2) is 68.0 Å². The maximum atomic E-state index is 12.4. The predicted molar refractivity (Wildman–Crippen MR) is 103 cm³/mol. The second kappa shape index (κ2) is 10.5. The molecule has 2 rings (SSSR count). The van der Waals surface area contributed by atoms with Gasteiger partial charge in [-0.15, -0.1) is 0 Å². The fourth-order valence-electron chi connectivity index (χ4n) is 2.93. The monoisotopic (exact) mass is 372 g/mol. The highest BCUT2D eigenvalue weighted by Gasteiger charge is 2.17. The van der Waals surface area contributed by atoms with E-state index in [-0.39, 0.29) is 24.3 Å². The summed E-state index contributed by atoms with van der Waals surface area (Å²) in [7, 11) is 2.10. The summed E-state index contributed by atoms with van der Waals surface area (Å²) in [6.45, 7) is 6.25. The Kier molecular flexibility index (Phi) is 8.01. The summed E-state index contributed by atoms with van der Waals surface area (Å²) in [6, 6.07) is 5.43. The maximum Gasteiger partial charge on any atom is 0.251 e. The van der Waals surface area contributed by atoms with E-state index in [1.165, 1.54) is 0 Å². The van der Waals surface area contributed by atoms with Crippen LogP contribution in [0, 0.1) is 17.2 Å². The van der Waals surface area contributed by atoms with Gasteiger partial charge in [-0.05, 0) is 31.5 Å². The zero-order valence-corrected chi connectivity index (χ0v) is 16.1. The van der Waals surface area contributed by atoms with Crippen molar-refractivity contribution < 1.29 is 9.59 Å². The molecule has 1 saturated heterocycles. The Hall–Kier alpha value is -2.66. The largest absolute Gasteiger partial charge is 0.354 e. The SMILES string of the molecule is CC(CCNC(=O)c1ccnc(N2CCN(C)CC2)c1)CC(=O)NCC#N. The molecule has 0 aliphatic carbocycles. The Labute approximate surface area is 160 Å². The topological polar surface area (TPSA) is 101 Å². The lowest BCUT2D eigenvalue weighted by molar-refractivity contribution is -0.121. The number of rotatable bonds is 8. The first-order chi connectivity index (χ1) is 13.0. The Balaban J connectivity index is 1.78. The van der Waals surface area contributed by atoms with Crippen molar-refractivity contribution in [2.75, 3.05) is 51.2 Å². The third-order valence-electron chi connectivity index (χ3n) is 4.66. The number of aromatic nitrogens is 1. The first-order valence-electron chi connectivity index (χ1n) is 9.31. The van der Waals surface area contributed by atoms with Gasteiger partial charge in [0.25, 0.3) is 5.91 Å². The van der Waals surface area contributed by atoms with Gasteiger partial charge in [0.15, 0.2) is 0 Å². The Morgan fingerprint density at radius 1 is 1.30 bits per heavy atom. The van der Waals surface area contributed by atoms with Crippen molar-refractivity contribution in [3.8, 4) is 6.07 Å². The molecule has 0 spiro atoms. The van der Waals surface area contributed by atoms with Crippen LogP contribution < -0.4 is 15.5 Å². The van der Waals surface area contributed by atoms with Gasteiger partial charge in [-0.2, -0.15) is 5.26 Å².